The molecule has 9 nitrogen and oxygen atoms in total. The molecule has 28 heavy (non-hydrogen) atoms. The van der Waals surface area contributed by atoms with Crippen molar-refractivity contribution in [1.82, 2.24) is 19.6 Å². The normalized spacial score (nSPS) is 15.4. The van der Waals surface area contributed by atoms with E-state index in [4.69, 9.17) is 0 Å². The molecular formula is C18H17N5O4S. The van der Waals surface area contributed by atoms with E-state index in [-0.39, 0.29) is 41.9 Å². The molecule has 10 heteroatoms. The van der Waals surface area contributed by atoms with Gasteiger partial charge in [-0.25, -0.2) is 13.4 Å². The highest BCUT2D eigenvalue weighted by molar-refractivity contribution is 7.89. The number of benzene rings is 2. The zero-order valence-electron chi connectivity index (χ0n) is 14.7. The number of carbonyl (C=O) groups excluding carboxylic acids is 2. The van der Waals surface area contributed by atoms with Gasteiger partial charge in [-0.1, -0.05) is 18.2 Å². The fraction of sp³-hybridized carbons (Fsp3) is 0.167. The van der Waals surface area contributed by atoms with Crippen LogP contribution in [-0.4, -0.2) is 54.1 Å². The number of amides is 2. The van der Waals surface area contributed by atoms with Crippen molar-refractivity contribution in [3.05, 3.63) is 54.1 Å². The zero-order valence-corrected chi connectivity index (χ0v) is 15.5. The summed E-state index contributed by atoms with van der Waals surface area (Å²) in [6.07, 6.45) is 0. The second-order valence-corrected chi connectivity index (χ2v) is 8.21. The minimum Gasteiger partial charge on any atom is -0.354 e. The van der Waals surface area contributed by atoms with Crippen LogP contribution in [0.15, 0.2) is 53.4 Å². The van der Waals surface area contributed by atoms with Crippen molar-refractivity contribution in [3.63, 3.8) is 0 Å². The largest absolute Gasteiger partial charge is 0.354 e. The predicted octanol–water partition coefficient (Wildman–Crippen LogP) is 0.936. The maximum absolute atomic E-state index is 12.8. The van der Waals surface area contributed by atoms with Gasteiger partial charge in [-0.3, -0.25) is 14.9 Å². The number of rotatable bonds is 4. The monoisotopic (exact) mass is 399 g/mol. The standard InChI is InChI=1S/C18H17N5O4S/c24-16-11-23(9-8-19-16)28(26,27)13-5-3-4-12(10-13)17(25)22-18-20-14-6-1-2-7-15(14)21-18/h1-7,10H,8-9,11H2,(H,19,24)(H2,20,21,22,25). The fourth-order valence-corrected chi connectivity index (χ4v) is 4.40. The molecule has 0 aliphatic carbocycles. The molecule has 1 aromatic heterocycles. The van der Waals surface area contributed by atoms with Gasteiger partial charge in [0.15, 0.2) is 0 Å². The quantitative estimate of drug-likeness (QED) is 0.602. The van der Waals surface area contributed by atoms with Crippen LogP contribution in [0.5, 0.6) is 0 Å². The first kappa shape index (κ1) is 18.1. The third kappa shape index (κ3) is 3.47. The minimum absolute atomic E-state index is 0.0422. The first-order valence-electron chi connectivity index (χ1n) is 8.56. The van der Waals surface area contributed by atoms with Crippen molar-refractivity contribution in [2.24, 2.45) is 0 Å². The van der Waals surface area contributed by atoms with E-state index in [9.17, 15) is 18.0 Å². The Bertz CT molecular complexity index is 1140. The lowest BCUT2D eigenvalue weighted by Gasteiger charge is -2.26. The van der Waals surface area contributed by atoms with Crippen molar-refractivity contribution in [2.75, 3.05) is 25.0 Å². The molecule has 0 atom stereocenters. The second kappa shape index (κ2) is 7.06. The first-order valence-corrected chi connectivity index (χ1v) is 10.0. The molecule has 0 radical (unpaired) electrons. The van der Waals surface area contributed by atoms with E-state index in [1.54, 1.807) is 0 Å². The minimum atomic E-state index is -3.88. The van der Waals surface area contributed by atoms with Gasteiger partial charge < -0.3 is 10.3 Å². The van der Waals surface area contributed by atoms with Gasteiger partial charge in [0, 0.05) is 18.7 Å². The van der Waals surface area contributed by atoms with Crippen LogP contribution in [-0.2, 0) is 14.8 Å². The third-order valence-electron chi connectivity index (χ3n) is 4.36. The van der Waals surface area contributed by atoms with Crippen molar-refractivity contribution in [1.29, 1.82) is 0 Å². The fourth-order valence-electron chi connectivity index (χ4n) is 2.96. The van der Waals surface area contributed by atoms with E-state index in [1.807, 2.05) is 24.3 Å². The lowest BCUT2D eigenvalue weighted by atomic mass is 10.2. The summed E-state index contributed by atoms with van der Waals surface area (Å²) < 4.78 is 26.7. The summed E-state index contributed by atoms with van der Waals surface area (Å²) in [4.78, 5) is 31.3. The molecule has 2 heterocycles. The molecule has 0 saturated carbocycles. The Hall–Kier alpha value is -3.24. The number of aromatic amines is 1. The number of hydrogen-bond acceptors (Lipinski definition) is 5. The van der Waals surface area contributed by atoms with Crippen LogP contribution in [0.4, 0.5) is 5.95 Å². The average molecular weight is 399 g/mol. The van der Waals surface area contributed by atoms with Crippen molar-refractivity contribution < 1.29 is 18.0 Å². The Kier molecular flexibility index (Phi) is 4.57. The smallest absolute Gasteiger partial charge is 0.258 e. The Morgan fingerprint density at radius 1 is 1.14 bits per heavy atom. The van der Waals surface area contributed by atoms with Gasteiger partial charge in [0.05, 0.1) is 22.5 Å². The number of hydrogen-bond donors (Lipinski definition) is 3. The maximum atomic E-state index is 12.8. The molecule has 2 aromatic carbocycles. The number of imidazole rings is 1. The predicted molar refractivity (Wildman–Crippen MR) is 102 cm³/mol. The molecule has 2 amide bonds. The van der Waals surface area contributed by atoms with Crippen LogP contribution in [0.3, 0.4) is 0 Å². The molecule has 1 saturated heterocycles. The SMILES string of the molecule is O=C1CN(S(=O)(=O)c2cccc(C(=O)Nc3nc4ccccc4[nH]3)c2)CCN1. The number of para-hydroxylation sites is 2. The number of sulfonamides is 1. The van der Waals surface area contributed by atoms with Crippen LogP contribution in [0.1, 0.15) is 10.4 Å². The zero-order chi connectivity index (χ0) is 19.7. The van der Waals surface area contributed by atoms with Crippen molar-refractivity contribution in [2.45, 2.75) is 4.90 Å². The molecule has 144 valence electrons. The number of anilines is 1. The van der Waals surface area contributed by atoms with Crippen LogP contribution in [0, 0.1) is 0 Å². The molecule has 3 N–H and O–H groups in total. The Morgan fingerprint density at radius 2 is 1.96 bits per heavy atom. The number of H-pyrrole nitrogens is 1. The summed E-state index contributed by atoms with van der Waals surface area (Å²) in [5.74, 6) is -0.576. The van der Waals surface area contributed by atoms with Crippen molar-refractivity contribution >= 4 is 38.8 Å². The summed E-state index contributed by atoms with van der Waals surface area (Å²) in [5.41, 5.74) is 1.65. The van der Waals surface area contributed by atoms with Crippen LogP contribution in [0.2, 0.25) is 0 Å². The molecule has 1 aliphatic rings. The molecule has 3 aromatic rings. The van der Waals surface area contributed by atoms with E-state index in [2.05, 4.69) is 20.6 Å². The second-order valence-electron chi connectivity index (χ2n) is 6.27. The third-order valence-corrected chi connectivity index (χ3v) is 6.20. The number of nitrogens with one attached hydrogen (secondary N) is 3. The first-order chi connectivity index (χ1) is 13.4. The highest BCUT2D eigenvalue weighted by Crippen LogP contribution is 2.19. The molecule has 0 unspecified atom stereocenters. The molecule has 0 bridgehead atoms. The topological polar surface area (TPSA) is 124 Å². The summed E-state index contributed by atoms with van der Waals surface area (Å²) in [7, 11) is -3.88. The van der Waals surface area contributed by atoms with Crippen molar-refractivity contribution in [3.8, 4) is 0 Å². The number of carbonyl (C=O) groups is 2. The maximum Gasteiger partial charge on any atom is 0.258 e. The van der Waals surface area contributed by atoms with E-state index in [1.165, 1.54) is 24.3 Å². The Morgan fingerprint density at radius 3 is 2.75 bits per heavy atom. The van der Waals surface area contributed by atoms with Crippen LogP contribution >= 0.6 is 0 Å². The van der Waals surface area contributed by atoms with Gasteiger partial charge in [-0.05, 0) is 30.3 Å². The number of fused-ring (bicyclic) bond motifs is 1. The van der Waals surface area contributed by atoms with Gasteiger partial charge in [0.2, 0.25) is 21.9 Å². The Labute approximate surface area is 160 Å². The number of aromatic nitrogens is 2. The molecule has 1 aliphatic heterocycles. The summed E-state index contributed by atoms with van der Waals surface area (Å²) in [5, 5.41) is 5.22. The van der Waals surface area contributed by atoms with E-state index < -0.39 is 15.9 Å². The van der Waals surface area contributed by atoms with Gasteiger partial charge in [-0.2, -0.15) is 4.31 Å². The lowest BCUT2D eigenvalue weighted by molar-refractivity contribution is -0.122. The van der Waals surface area contributed by atoms with Gasteiger partial charge in [-0.15, -0.1) is 0 Å². The summed E-state index contributed by atoms with van der Waals surface area (Å²) in [6, 6.07) is 13.0. The molecule has 1 fully saturated rings. The molecule has 0 spiro atoms. The molecular weight excluding hydrogens is 382 g/mol. The Balaban J connectivity index is 1.57. The highest BCUT2D eigenvalue weighted by Gasteiger charge is 2.29. The van der Waals surface area contributed by atoms with Gasteiger partial charge >= 0.3 is 0 Å². The van der Waals surface area contributed by atoms with Crippen LogP contribution in [0.25, 0.3) is 11.0 Å². The summed E-state index contributed by atoms with van der Waals surface area (Å²) in [6.45, 7) is 0.200. The number of piperazine rings is 1. The molecule has 4 rings (SSSR count). The van der Waals surface area contributed by atoms with Crippen LogP contribution < -0.4 is 10.6 Å². The number of nitrogens with zero attached hydrogens (tertiary/aromatic N) is 2. The summed E-state index contributed by atoms with van der Waals surface area (Å²) >= 11 is 0. The van der Waals surface area contributed by atoms with E-state index >= 15 is 0 Å². The van der Waals surface area contributed by atoms with Gasteiger partial charge in [0.1, 0.15) is 0 Å². The van der Waals surface area contributed by atoms with E-state index in [0.29, 0.717) is 5.52 Å². The lowest BCUT2D eigenvalue weighted by Crippen LogP contribution is -2.49. The van der Waals surface area contributed by atoms with Gasteiger partial charge in [0.25, 0.3) is 5.91 Å². The highest BCUT2D eigenvalue weighted by atomic mass is 32.2. The van der Waals surface area contributed by atoms with E-state index in [0.717, 1.165) is 9.82 Å². The average Bonchev–Trinajstić information content (AvgIpc) is 3.10.